The van der Waals surface area contributed by atoms with Crippen LogP contribution in [0.5, 0.6) is 0 Å². The summed E-state index contributed by atoms with van der Waals surface area (Å²) in [5, 5.41) is 18.6. The van der Waals surface area contributed by atoms with E-state index in [1.54, 1.807) is 0 Å². The number of aromatic nitrogens is 1. The minimum atomic E-state index is -0.112. The molecule has 1 unspecified atom stereocenters. The SMILES string of the molecule is COC(=N)N1CCCC(C#N)c2[nH]c3ccccc3c2CC1. The van der Waals surface area contributed by atoms with Gasteiger partial charge < -0.3 is 14.6 Å². The maximum absolute atomic E-state index is 9.54. The van der Waals surface area contributed by atoms with Crippen molar-refractivity contribution in [1.82, 2.24) is 9.88 Å². The fourth-order valence-corrected chi connectivity index (χ4v) is 3.24. The molecular weight excluding hydrogens is 276 g/mol. The average molecular weight is 296 g/mol. The molecule has 0 aliphatic carbocycles. The molecule has 2 heterocycles. The predicted molar refractivity (Wildman–Crippen MR) is 85.9 cm³/mol. The Kier molecular flexibility index (Phi) is 4.01. The van der Waals surface area contributed by atoms with Crippen LogP contribution in [0.1, 0.15) is 30.0 Å². The Hall–Kier alpha value is -2.48. The number of benzene rings is 1. The van der Waals surface area contributed by atoms with E-state index in [2.05, 4.69) is 23.2 Å². The Morgan fingerprint density at radius 2 is 2.23 bits per heavy atom. The first kappa shape index (κ1) is 14.5. The molecule has 114 valence electrons. The second-order valence-electron chi connectivity index (χ2n) is 5.63. The maximum Gasteiger partial charge on any atom is 0.284 e. The second kappa shape index (κ2) is 6.10. The fraction of sp³-hybridized carbons (Fsp3) is 0.412. The number of hydrogen-bond donors (Lipinski definition) is 2. The summed E-state index contributed by atoms with van der Waals surface area (Å²) >= 11 is 0. The predicted octanol–water partition coefficient (Wildman–Crippen LogP) is 2.99. The number of nitrogens with zero attached hydrogens (tertiary/aromatic N) is 2. The number of fused-ring (bicyclic) bond motifs is 3. The van der Waals surface area contributed by atoms with E-state index in [1.807, 2.05) is 17.0 Å². The van der Waals surface area contributed by atoms with Crippen molar-refractivity contribution < 1.29 is 4.74 Å². The van der Waals surface area contributed by atoms with Gasteiger partial charge in [-0.05, 0) is 30.9 Å². The standard InChI is InChI=1S/C17H20N4O/c1-22-17(19)21-9-4-5-12(11-18)16-14(8-10-21)13-6-2-3-7-15(13)20-16/h2-3,6-7,12,19-20H,4-5,8-10H2,1H3. The third kappa shape index (κ3) is 2.52. The Morgan fingerprint density at radius 3 is 3.00 bits per heavy atom. The Balaban J connectivity index is 2.02. The van der Waals surface area contributed by atoms with Crippen molar-refractivity contribution in [3.8, 4) is 6.07 Å². The van der Waals surface area contributed by atoms with E-state index in [0.717, 1.165) is 43.6 Å². The number of nitrogens with one attached hydrogen (secondary N) is 2. The first-order valence-corrected chi connectivity index (χ1v) is 7.61. The third-order valence-corrected chi connectivity index (χ3v) is 4.38. The number of hydrogen-bond acceptors (Lipinski definition) is 3. The van der Waals surface area contributed by atoms with Gasteiger partial charge in [0.1, 0.15) is 0 Å². The largest absolute Gasteiger partial charge is 0.469 e. The van der Waals surface area contributed by atoms with Crippen LogP contribution in [0.25, 0.3) is 10.9 Å². The molecule has 1 aliphatic heterocycles. The molecule has 1 aliphatic rings. The quantitative estimate of drug-likeness (QED) is 0.579. The van der Waals surface area contributed by atoms with Crippen LogP contribution in [0.15, 0.2) is 24.3 Å². The van der Waals surface area contributed by atoms with Gasteiger partial charge in [0.2, 0.25) is 0 Å². The molecule has 2 aromatic rings. The molecule has 0 spiro atoms. The number of para-hydroxylation sites is 1. The van der Waals surface area contributed by atoms with Crippen LogP contribution in [0.2, 0.25) is 0 Å². The Morgan fingerprint density at radius 1 is 1.41 bits per heavy atom. The molecular formula is C17H20N4O. The molecule has 0 radical (unpaired) electrons. The van der Waals surface area contributed by atoms with Crippen molar-refractivity contribution in [2.45, 2.75) is 25.2 Å². The first-order chi connectivity index (χ1) is 10.7. The molecule has 5 nitrogen and oxygen atoms in total. The summed E-state index contributed by atoms with van der Waals surface area (Å²) in [5.74, 6) is -0.112. The monoisotopic (exact) mass is 296 g/mol. The lowest BCUT2D eigenvalue weighted by Crippen LogP contribution is -2.34. The van der Waals surface area contributed by atoms with E-state index in [9.17, 15) is 5.26 Å². The van der Waals surface area contributed by atoms with Crippen LogP contribution in [0, 0.1) is 16.7 Å². The van der Waals surface area contributed by atoms with Crippen LogP contribution in [0.4, 0.5) is 0 Å². The van der Waals surface area contributed by atoms with Crippen LogP contribution in [-0.4, -0.2) is 36.1 Å². The molecule has 1 aromatic carbocycles. The van der Waals surface area contributed by atoms with Gasteiger partial charge in [-0.1, -0.05) is 18.2 Å². The van der Waals surface area contributed by atoms with Crippen LogP contribution in [-0.2, 0) is 11.2 Å². The van der Waals surface area contributed by atoms with Gasteiger partial charge in [0, 0.05) is 29.7 Å². The number of amidine groups is 1. The van der Waals surface area contributed by atoms with Crippen molar-refractivity contribution in [3.63, 3.8) is 0 Å². The van der Waals surface area contributed by atoms with Gasteiger partial charge in [0.25, 0.3) is 6.02 Å². The zero-order chi connectivity index (χ0) is 15.5. The molecule has 22 heavy (non-hydrogen) atoms. The lowest BCUT2D eigenvalue weighted by atomic mass is 9.96. The summed E-state index contributed by atoms with van der Waals surface area (Å²) in [4.78, 5) is 5.39. The van der Waals surface area contributed by atoms with Crippen molar-refractivity contribution in [3.05, 3.63) is 35.5 Å². The summed E-state index contributed by atoms with van der Waals surface area (Å²) in [7, 11) is 1.53. The van der Waals surface area contributed by atoms with E-state index < -0.39 is 0 Å². The van der Waals surface area contributed by atoms with Gasteiger partial charge in [0.05, 0.1) is 19.1 Å². The summed E-state index contributed by atoms with van der Waals surface area (Å²) in [6.07, 6.45) is 2.48. The van der Waals surface area contributed by atoms with Crippen LogP contribution in [0.3, 0.4) is 0 Å². The fourth-order valence-electron chi connectivity index (χ4n) is 3.24. The van der Waals surface area contributed by atoms with E-state index in [1.165, 1.54) is 18.1 Å². The smallest absolute Gasteiger partial charge is 0.284 e. The highest BCUT2D eigenvalue weighted by atomic mass is 16.5. The van der Waals surface area contributed by atoms with Gasteiger partial charge in [-0.15, -0.1) is 0 Å². The number of methoxy groups -OCH3 is 1. The Labute approximate surface area is 130 Å². The number of H-pyrrole nitrogens is 1. The normalized spacial score (nSPS) is 18.7. The number of aromatic amines is 1. The van der Waals surface area contributed by atoms with Crippen molar-refractivity contribution >= 4 is 16.9 Å². The highest BCUT2D eigenvalue weighted by molar-refractivity contribution is 5.85. The number of ether oxygens (including phenoxy) is 1. The third-order valence-electron chi connectivity index (χ3n) is 4.38. The van der Waals surface area contributed by atoms with E-state index in [-0.39, 0.29) is 11.9 Å². The Bertz CT molecular complexity index is 728. The molecule has 5 heteroatoms. The average Bonchev–Trinajstić information content (AvgIpc) is 2.94. The number of rotatable bonds is 0. The minimum absolute atomic E-state index is 0.112. The van der Waals surface area contributed by atoms with Crippen LogP contribution < -0.4 is 0 Å². The zero-order valence-electron chi connectivity index (χ0n) is 12.7. The van der Waals surface area contributed by atoms with Crippen LogP contribution >= 0.6 is 0 Å². The van der Waals surface area contributed by atoms with Crippen molar-refractivity contribution in [2.75, 3.05) is 20.2 Å². The van der Waals surface area contributed by atoms with Gasteiger partial charge in [-0.25, -0.2) is 0 Å². The molecule has 3 rings (SSSR count). The molecule has 2 N–H and O–H groups in total. The van der Waals surface area contributed by atoms with E-state index >= 15 is 0 Å². The highest BCUT2D eigenvalue weighted by Crippen LogP contribution is 2.31. The summed E-state index contributed by atoms with van der Waals surface area (Å²) in [6.45, 7) is 1.49. The summed E-state index contributed by atoms with van der Waals surface area (Å²) in [5.41, 5.74) is 3.34. The molecule has 0 saturated carbocycles. The first-order valence-electron chi connectivity index (χ1n) is 7.61. The lowest BCUT2D eigenvalue weighted by Gasteiger charge is -2.22. The lowest BCUT2D eigenvalue weighted by molar-refractivity contribution is 0.276. The minimum Gasteiger partial charge on any atom is -0.469 e. The summed E-state index contributed by atoms with van der Waals surface area (Å²) in [6, 6.07) is 10.8. The van der Waals surface area contributed by atoms with E-state index in [4.69, 9.17) is 10.1 Å². The number of nitriles is 1. The molecule has 1 atom stereocenters. The highest BCUT2D eigenvalue weighted by Gasteiger charge is 2.23. The maximum atomic E-state index is 9.54. The molecule has 0 fully saturated rings. The summed E-state index contributed by atoms with van der Waals surface area (Å²) < 4.78 is 5.07. The molecule has 0 saturated heterocycles. The topological polar surface area (TPSA) is 75.9 Å². The van der Waals surface area contributed by atoms with Crippen molar-refractivity contribution in [1.29, 1.82) is 10.7 Å². The van der Waals surface area contributed by atoms with Gasteiger partial charge in [0.15, 0.2) is 0 Å². The second-order valence-corrected chi connectivity index (χ2v) is 5.63. The van der Waals surface area contributed by atoms with Crippen molar-refractivity contribution in [2.24, 2.45) is 0 Å². The van der Waals surface area contributed by atoms with Gasteiger partial charge in [-0.2, -0.15) is 5.26 Å². The van der Waals surface area contributed by atoms with E-state index in [0.29, 0.717) is 0 Å². The molecule has 1 aromatic heterocycles. The zero-order valence-corrected chi connectivity index (χ0v) is 12.7. The molecule has 0 amide bonds. The van der Waals surface area contributed by atoms with Gasteiger partial charge in [-0.3, -0.25) is 5.41 Å². The van der Waals surface area contributed by atoms with Gasteiger partial charge >= 0.3 is 0 Å². The molecule has 0 bridgehead atoms.